The Morgan fingerprint density at radius 2 is 1.57 bits per heavy atom. The van der Waals surface area contributed by atoms with Gasteiger partial charge in [0.1, 0.15) is 6.04 Å². The van der Waals surface area contributed by atoms with Crippen LogP contribution in [-0.2, 0) is 9.59 Å². The third-order valence-corrected chi connectivity index (χ3v) is 3.78. The lowest BCUT2D eigenvalue weighted by Gasteiger charge is -2.22. The standard InChI is InChI=1S/C19H38N2O2/c1-14(2)13-20-18(23)17(15(3)4)21-16(22)11-9-8-10-12-19(5,6)7/h14-15,17H,8-13H2,1-7H3,(H,20,23)(H,21,22). The molecule has 0 fully saturated rings. The minimum atomic E-state index is -0.434. The highest BCUT2D eigenvalue weighted by Crippen LogP contribution is 2.22. The van der Waals surface area contributed by atoms with E-state index in [0.717, 1.165) is 19.3 Å². The van der Waals surface area contributed by atoms with Gasteiger partial charge in [0, 0.05) is 13.0 Å². The fourth-order valence-electron chi connectivity index (χ4n) is 2.31. The lowest BCUT2D eigenvalue weighted by atomic mass is 9.89. The van der Waals surface area contributed by atoms with Gasteiger partial charge in [0.2, 0.25) is 11.8 Å². The molecule has 0 aliphatic heterocycles. The van der Waals surface area contributed by atoms with Crippen LogP contribution in [0.25, 0.3) is 0 Å². The van der Waals surface area contributed by atoms with Gasteiger partial charge in [-0.05, 0) is 30.1 Å². The molecule has 4 heteroatoms. The Labute approximate surface area is 143 Å². The van der Waals surface area contributed by atoms with E-state index in [9.17, 15) is 9.59 Å². The number of amides is 2. The number of nitrogens with one attached hydrogen (secondary N) is 2. The number of rotatable bonds is 10. The van der Waals surface area contributed by atoms with Crippen molar-refractivity contribution >= 4 is 11.8 Å². The highest BCUT2D eigenvalue weighted by atomic mass is 16.2. The molecule has 2 N–H and O–H groups in total. The van der Waals surface area contributed by atoms with Crippen molar-refractivity contribution in [3.8, 4) is 0 Å². The maximum absolute atomic E-state index is 12.2. The third kappa shape index (κ3) is 12.1. The fourth-order valence-corrected chi connectivity index (χ4v) is 2.31. The maximum Gasteiger partial charge on any atom is 0.242 e. The van der Waals surface area contributed by atoms with Gasteiger partial charge in [-0.15, -0.1) is 0 Å². The second kappa shape index (κ2) is 10.7. The van der Waals surface area contributed by atoms with E-state index in [1.807, 2.05) is 13.8 Å². The van der Waals surface area contributed by atoms with Crippen molar-refractivity contribution in [3.63, 3.8) is 0 Å². The second-order valence-electron chi connectivity index (χ2n) is 8.55. The molecule has 1 unspecified atom stereocenters. The quantitative estimate of drug-likeness (QED) is 0.598. The molecule has 0 aliphatic rings. The Morgan fingerprint density at radius 3 is 2.04 bits per heavy atom. The average Bonchev–Trinajstić information content (AvgIpc) is 2.40. The molecular weight excluding hydrogens is 288 g/mol. The molecule has 4 nitrogen and oxygen atoms in total. The van der Waals surface area contributed by atoms with E-state index in [0.29, 0.717) is 24.3 Å². The number of unbranched alkanes of at least 4 members (excludes halogenated alkanes) is 2. The van der Waals surface area contributed by atoms with Crippen molar-refractivity contribution in [2.24, 2.45) is 17.3 Å². The summed E-state index contributed by atoms with van der Waals surface area (Å²) in [5, 5.41) is 5.80. The van der Waals surface area contributed by atoms with Gasteiger partial charge < -0.3 is 10.6 Å². The smallest absolute Gasteiger partial charge is 0.242 e. The SMILES string of the molecule is CC(C)CNC(=O)C(NC(=O)CCCCCC(C)(C)C)C(C)C. The monoisotopic (exact) mass is 326 g/mol. The first-order valence-electron chi connectivity index (χ1n) is 9.10. The van der Waals surface area contributed by atoms with Crippen molar-refractivity contribution in [2.45, 2.75) is 86.6 Å². The summed E-state index contributed by atoms with van der Waals surface area (Å²) >= 11 is 0. The van der Waals surface area contributed by atoms with Crippen molar-refractivity contribution in [1.29, 1.82) is 0 Å². The first-order chi connectivity index (χ1) is 10.5. The van der Waals surface area contributed by atoms with Crippen molar-refractivity contribution in [2.75, 3.05) is 6.54 Å². The van der Waals surface area contributed by atoms with Crippen LogP contribution in [-0.4, -0.2) is 24.4 Å². The van der Waals surface area contributed by atoms with Crippen LogP contribution in [0.15, 0.2) is 0 Å². The van der Waals surface area contributed by atoms with E-state index in [-0.39, 0.29) is 17.7 Å². The summed E-state index contributed by atoms with van der Waals surface area (Å²) in [6.07, 6.45) is 4.79. The average molecular weight is 327 g/mol. The highest BCUT2D eigenvalue weighted by molar-refractivity contribution is 5.87. The van der Waals surface area contributed by atoms with Crippen LogP contribution in [0, 0.1) is 17.3 Å². The van der Waals surface area contributed by atoms with Gasteiger partial charge in [0.25, 0.3) is 0 Å². The van der Waals surface area contributed by atoms with Crippen molar-refractivity contribution in [3.05, 3.63) is 0 Å². The van der Waals surface area contributed by atoms with Gasteiger partial charge in [-0.3, -0.25) is 9.59 Å². The molecule has 0 aromatic carbocycles. The molecule has 0 bridgehead atoms. The summed E-state index contributed by atoms with van der Waals surface area (Å²) in [4.78, 5) is 24.3. The van der Waals surface area contributed by atoms with E-state index in [2.05, 4.69) is 45.3 Å². The lowest BCUT2D eigenvalue weighted by Crippen LogP contribution is -2.50. The zero-order valence-corrected chi connectivity index (χ0v) is 16.3. The van der Waals surface area contributed by atoms with Crippen LogP contribution in [0.2, 0.25) is 0 Å². The Hall–Kier alpha value is -1.06. The van der Waals surface area contributed by atoms with E-state index in [4.69, 9.17) is 0 Å². The zero-order valence-electron chi connectivity index (χ0n) is 16.3. The highest BCUT2D eigenvalue weighted by Gasteiger charge is 2.23. The minimum absolute atomic E-state index is 0.0147. The molecule has 0 aliphatic carbocycles. The molecule has 0 heterocycles. The van der Waals surface area contributed by atoms with Crippen LogP contribution in [0.4, 0.5) is 0 Å². The zero-order chi connectivity index (χ0) is 18.0. The molecule has 23 heavy (non-hydrogen) atoms. The summed E-state index contributed by atoms with van der Waals surface area (Å²) in [5.41, 5.74) is 0.361. The Bertz CT molecular complexity index is 357. The topological polar surface area (TPSA) is 58.2 Å². The normalized spacial score (nSPS) is 13.3. The molecule has 0 aromatic rings. The van der Waals surface area contributed by atoms with Gasteiger partial charge in [-0.25, -0.2) is 0 Å². The lowest BCUT2D eigenvalue weighted by molar-refractivity contribution is -0.130. The molecule has 0 aromatic heterocycles. The third-order valence-electron chi connectivity index (χ3n) is 3.78. The van der Waals surface area contributed by atoms with Crippen LogP contribution in [0.1, 0.15) is 80.6 Å². The minimum Gasteiger partial charge on any atom is -0.354 e. The van der Waals surface area contributed by atoms with Gasteiger partial charge in [0.15, 0.2) is 0 Å². The molecule has 2 amide bonds. The number of hydrogen-bond donors (Lipinski definition) is 2. The number of carbonyl (C=O) groups excluding carboxylic acids is 2. The van der Waals surface area contributed by atoms with Gasteiger partial charge in [-0.2, -0.15) is 0 Å². The van der Waals surface area contributed by atoms with Crippen molar-refractivity contribution in [1.82, 2.24) is 10.6 Å². The Kier molecular flexibility index (Phi) is 10.2. The molecular formula is C19H38N2O2. The van der Waals surface area contributed by atoms with Crippen LogP contribution < -0.4 is 10.6 Å². The molecule has 0 saturated heterocycles. The van der Waals surface area contributed by atoms with Crippen molar-refractivity contribution < 1.29 is 9.59 Å². The van der Waals surface area contributed by atoms with E-state index >= 15 is 0 Å². The second-order valence-corrected chi connectivity index (χ2v) is 8.55. The summed E-state index contributed by atoms with van der Waals surface area (Å²) in [6, 6.07) is -0.434. The summed E-state index contributed by atoms with van der Waals surface area (Å²) in [7, 11) is 0. The molecule has 0 saturated carbocycles. The van der Waals surface area contributed by atoms with Crippen LogP contribution in [0.5, 0.6) is 0 Å². The first-order valence-corrected chi connectivity index (χ1v) is 9.10. The predicted molar refractivity (Wildman–Crippen MR) is 97.2 cm³/mol. The van der Waals surface area contributed by atoms with E-state index < -0.39 is 6.04 Å². The molecule has 0 spiro atoms. The maximum atomic E-state index is 12.2. The number of hydrogen-bond acceptors (Lipinski definition) is 2. The number of carbonyl (C=O) groups is 2. The predicted octanol–water partition coefficient (Wildman–Crippen LogP) is 3.90. The largest absolute Gasteiger partial charge is 0.354 e. The molecule has 0 radical (unpaired) electrons. The van der Waals surface area contributed by atoms with Gasteiger partial charge in [-0.1, -0.05) is 61.3 Å². The molecule has 136 valence electrons. The molecule has 0 rings (SSSR count). The van der Waals surface area contributed by atoms with Crippen LogP contribution in [0.3, 0.4) is 0 Å². The fraction of sp³-hybridized carbons (Fsp3) is 0.895. The summed E-state index contributed by atoms with van der Waals surface area (Å²) < 4.78 is 0. The molecule has 1 atom stereocenters. The Morgan fingerprint density at radius 1 is 0.957 bits per heavy atom. The van der Waals surface area contributed by atoms with E-state index in [1.165, 1.54) is 6.42 Å². The van der Waals surface area contributed by atoms with Gasteiger partial charge >= 0.3 is 0 Å². The Balaban J connectivity index is 4.13. The summed E-state index contributed by atoms with van der Waals surface area (Å²) in [5.74, 6) is 0.409. The van der Waals surface area contributed by atoms with Gasteiger partial charge in [0.05, 0.1) is 0 Å². The van der Waals surface area contributed by atoms with E-state index in [1.54, 1.807) is 0 Å². The first kappa shape index (κ1) is 21.9. The van der Waals surface area contributed by atoms with Crippen LogP contribution >= 0.6 is 0 Å². The summed E-state index contributed by atoms with van der Waals surface area (Å²) in [6.45, 7) is 15.4.